The first-order valence-corrected chi connectivity index (χ1v) is 8.07. The second-order valence-electron chi connectivity index (χ2n) is 5.04. The van der Waals surface area contributed by atoms with E-state index in [1.54, 1.807) is 44.2 Å². The highest BCUT2D eigenvalue weighted by molar-refractivity contribution is 7.90. The minimum absolute atomic E-state index is 0.102. The highest BCUT2D eigenvalue weighted by atomic mass is 32.2. The molecule has 0 radical (unpaired) electrons. The van der Waals surface area contributed by atoms with Gasteiger partial charge >= 0.3 is 0 Å². The van der Waals surface area contributed by atoms with E-state index in [-0.39, 0.29) is 10.6 Å². The number of sulfone groups is 1. The summed E-state index contributed by atoms with van der Waals surface area (Å²) in [4.78, 5) is 0.256. The van der Waals surface area contributed by atoms with Crippen molar-refractivity contribution in [2.45, 2.75) is 24.5 Å². The highest BCUT2D eigenvalue weighted by Crippen LogP contribution is 2.24. The molecule has 0 heterocycles. The molecular formula is C16H16N2O2S. The topological polar surface area (TPSA) is 84.0 Å². The van der Waals surface area contributed by atoms with Crippen LogP contribution in [-0.2, 0) is 15.6 Å². The maximum absolute atomic E-state index is 12.6. The molecule has 0 amide bonds. The van der Waals surface area contributed by atoms with Crippen LogP contribution in [0, 0.1) is 25.2 Å². The Hall–Kier alpha value is -2.32. The Morgan fingerprint density at radius 2 is 1.81 bits per heavy atom. The molecule has 2 N–H and O–H groups in total. The smallest absolute Gasteiger partial charge is 0.182 e. The number of aryl methyl sites for hydroxylation is 2. The van der Waals surface area contributed by atoms with E-state index in [9.17, 15) is 8.42 Å². The Morgan fingerprint density at radius 1 is 1.10 bits per heavy atom. The molecule has 0 atom stereocenters. The fraction of sp³-hybridized carbons (Fsp3) is 0.188. The zero-order valence-electron chi connectivity index (χ0n) is 11.9. The first kappa shape index (κ1) is 15.1. The lowest BCUT2D eigenvalue weighted by atomic mass is 10.1. The van der Waals surface area contributed by atoms with Crippen molar-refractivity contribution < 1.29 is 8.42 Å². The first-order chi connectivity index (χ1) is 9.83. The summed E-state index contributed by atoms with van der Waals surface area (Å²) in [6.07, 6.45) is 0. The van der Waals surface area contributed by atoms with Crippen molar-refractivity contribution in [3.05, 3.63) is 58.7 Å². The number of nitriles is 1. The summed E-state index contributed by atoms with van der Waals surface area (Å²) in [5.41, 5.74) is 8.79. The van der Waals surface area contributed by atoms with E-state index < -0.39 is 9.84 Å². The predicted molar refractivity (Wildman–Crippen MR) is 82.4 cm³/mol. The monoisotopic (exact) mass is 300 g/mol. The molecule has 0 aliphatic heterocycles. The lowest BCUT2D eigenvalue weighted by molar-refractivity contribution is 0.594. The van der Waals surface area contributed by atoms with Crippen molar-refractivity contribution in [3.8, 4) is 6.07 Å². The van der Waals surface area contributed by atoms with Crippen LogP contribution in [0.3, 0.4) is 0 Å². The number of nitrogens with zero attached hydrogens (tertiary/aromatic N) is 1. The lowest BCUT2D eigenvalue weighted by Crippen LogP contribution is -2.08. The number of nitrogens with two attached hydrogens (primary N) is 1. The van der Waals surface area contributed by atoms with E-state index in [0.29, 0.717) is 22.4 Å². The van der Waals surface area contributed by atoms with Gasteiger partial charge in [-0.3, -0.25) is 0 Å². The Bertz CT molecular complexity index is 834. The van der Waals surface area contributed by atoms with E-state index >= 15 is 0 Å². The largest absolute Gasteiger partial charge is 0.399 e. The summed E-state index contributed by atoms with van der Waals surface area (Å²) in [6, 6.07) is 11.9. The van der Waals surface area contributed by atoms with Crippen LogP contribution < -0.4 is 5.73 Å². The molecule has 0 fully saturated rings. The number of nitrogen functional groups attached to an aromatic ring is 1. The number of rotatable bonds is 3. The van der Waals surface area contributed by atoms with Crippen molar-refractivity contribution in [2.24, 2.45) is 0 Å². The van der Waals surface area contributed by atoms with E-state index in [0.717, 1.165) is 5.56 Å². The fourth-order valence-corrected chi connectivity index (χ4v) is 3.92. The van der Waals surface area contributed by atoms with Crippen molar-refractivity contribution in [1.82, 2.24) is 0 Å². The maximum atomic E-state index is 12.6. The molecule has 21 heavy (non-hydrogen) atoms. The van der Waals surface area contributed by atoms with Gasteiger partial charge in [-0.05, 0) is 54.8 Å². The molecule has 0 bridgehead atoms. The molecule has 5 heteroatoms. The van der Waals surface area contributed by atoms with Crippen molar-refractivity contribution in [3.63, 3.8) is 0 Å². The van der Waals surface area contributed by atoms with Crippen LogP contribution in [0.4, 0.5) is 5.69 Å². The molecule has 0 unspecified atom stereocenters. The van der Waals surface area contributed by atoms with Gasteiger partial charge < -0.3 is 5.73 Å². The second kappa shape index (κ2) is 5.58. The van der Waals surface area contributed by atoms with Crippen LogP contribution in [0.15, 0.2) is 41.3 Å². The Kier molecular flexibility index (Phi) is 4.01. The average Bonchev–Trinajstić information content (AvgIpc) is 2.43. The summed E-state index contributed by atoms with van der Waals surface area (Å²) < 4.78 is 25.1. The standard InChI is InChI=1S/C16H16N2O2S/c1-11-3-6-15(18)8-16(11)21(19,20)10-14-5-4-13(9-17)7-12(14)2/h3-8H,10,18H2,1-2H3. The van der Waals surface area contributed by atoms with Crippen LogP contribution in [-0.4, -0.2) is 8.42 Å². The van der Waals surface area contributed by atoms with Gasteiger partial charge in [-0.1, -0.05) is 12.1 Å². The minimum atomic E-state index is -3.47. The van der Waals surface area contributed by atoms with Gasteiger partial charge in [0.2, 0.25) is 0 Å². The zero-order chi connectivity index (χ0) is 15.6. The third-order valence-corrected chi connectivity index (χ3v) is 5.17. The molecule has 108 valence electrons. The summed E-state index contributed by atoms with van der Waals surface area (Å²) in [5, 5.41) is 8.85. The normalized spacial score (nSPS) is 11.1. The number of hydrogen-bond acceptors (Lipinski definition) is 4. The van der Waals surface area contributed by atoms with Gasteiger partial charge in [0, 0.05) is 5.69 Å². The minimum Gasteiger partial charge on any atom is -0.399 e. The van der Waals surface area contributed by atoms with Crippen LogP contribution in [0.1, 0.15) is 22.3 Å². The molecular weight excluding hydrogens is 284 g/mol. The maximum Gasteiger partial charge on any atom is 0.182 e. The fourth-order valence-electron chi connectivity index (χ4n) is 2.16. The Balaban J connectivity index is 2.43. The average molecular weight is 300 g/mol. The van der Waals surface area contributed by atoms with Crippen LogP contribution in [0.5, 0.6) is 0 Å². The van der Waals surface area contributed by atoms with E-state index in [1.807, 2.05) is 6.07 Å². The van der Waals surface area contributed by atoms with Crippen LogP contribution in [0.25, 0.3) is 0 Å². The summed E-state index contributed by atoms with van der Waals surface area (Å²) >= 11 is 0. The van der Waals surface area contributed by atoms with Crippen LogP contribution >= 0.6 is 0 Å². The van der Waals surface area contributed by atoms with E-state index in [1.165, 1.54) is 6.07 Å². The van der Waals surface area contributed by atoms with Crippen molar-refractivity contribution in [1.29, 1.82) is 5.26 Å². The van der Waals surface area contributed by atoms with Gasteiger partial charge in [0.1, 0.15) is 0 Å². The van der Waals surface area contributed by atoms with Gasteiger partial charge in [0.15, 0.2) is 9.84 Å². The molecule has 0 aliphatic rings. The summed E-state index contributed by atoms with van der Waals surface area (Å²) in [5.74, 6) is -0.102. The quantitative estimate of drug-likeness (QED) is 0.883. The summed E-state index contributed by atoms with van der Waals surface area (Å²) in [6.45, 7) is 3.55. The predicted octanol–water partition coefficient (Wildman–Crippen LogP) is 2.73. The third-order valence-electron chi connectivity index (χ3n) is 3.36. The van der Waals surface area contributed by atoms with Crippen LogP contribution in [0.2, 0.25) is 0 Å². The second-order valence-corrected chi connectivity index (χ2v) is 7.00. The van der Waals surface area contributed by atoms with Crippen molar-refractivity contribution in [2.75, 3.05) is 5.73 Å². The molecule has 0 saturated carbocycles. The molecule has 4 nitrogen and oxygen atoms in total. The molecule has 0 aliphatic carbocycles. The number of hydrogen-bond donors (Lipinski definition) is 1. The van der Waals surface area contributed by atoms with E-state index in [4.69, 9.17) is 11.0 Å². The van der Waals surface area contributed by atoms with Gasteiger partial charge in [0.25, 0.3) is 0 Å². The zero-order valence-corrected chi connectivity index (χ0v) is 12.7. The van der Waals surface area contributed by atoms with Gasteiger partial charge in [-0.2, -0.15) is 5.26 Å². The highest BCUT2D eigenvalue weighted by Gasteiger charge is 2.19. The van der Waals surface area contributed by atoms with Gasteiger partial charge in [0.05, 0.1) is 22.3 Å². The lowest BCUT2D eigenvalue weighted by Gasteiger charge is -2.10. The van der Waals surface area contributed by atoms with Gasteiger partial charge in [-0.25, -0.2) is 8.42 Å². The molecule has 0 saturated heterocycles. The number of anilines is 1. The molecule has 0 aromatic heterocycles. The van der Waals surface area contributed by atoms with Crippen molar-refractivity contribution >= 4 is 15.5 Å². The molecule has 2 aromatic rings. The summed E-state index contributed by atoms with van der Waals surface area (Å²) in [7, 11) is -3.47. The Labute approximate surface area is 124 Å². The van der Waals surface area contributed by atoms with E-state index in [2.05, 4.69) is 0 Å². The Morgan fingerprint density at radius 3 is 2.43 bits per heavy atom. The molecule has 2 aromatic carbocycles. The SMILES string of the molecule is Cc1cc(C#N)ccc1CS(=O)(=O)c1cc(N)ccc1C. The molecule has 0 spiro atoms. The van der Waals surface area contributed by atoms with Gasteiger partial charge in [-0.15, -0.1) is 0 Å². The number of benzene rings is 2. The molecule has 2 rings (SSSR count). The third kappa shape index (κ3) is 3.23. The first-order valence-electron chi connectivity index (χ1n) is 6.42.